The SMILES string of the molecule is Cc1ccc(S(=O)(=O)N[C@H](c2ccccc2F)c2nccn2C)c(C)c1. The molecule has 1 atom stereocenters. The Labute approximate surface area is 152 Å². The van der Waals surface area contributed by atoms with Crippen LogP contribution in [-0.4, -0.2) is 18.0 Å². The lowest BCUT2D eigenvalue weighted by atomic mass is 10.1. The van der Waals surface area contributed by atoms with Gasteiger partial charge in [-0.3, -0.25) is 0 Å². The number of hydrogen-bond acceptors (Lipinski definition) is 3. The van der Waals surface area contributed by atoms with E-state index < -0.39 is 21.9 Å². The van der Waals surface area contributed by atoms with Gasteiger partial charge in [-0.25, -0.2) is 17.8 Å². The number of rotatable bonds is 5. The van der Waals surface area contributed by atoms with Gasteiger partial charge in [0.25, 0.3) is 0 Å². The van der Waals surface area contributed by atoms with Crippen LogP contribution in [0.1, 0.15) is 28.6 Å². The molecule has 0 fully saturated rings. The van der Waals surface area contributed by atoms with Crippen molar-refractivity contribution in [3.8, 4) is 0 Å². The molecule has 0 saturated heterocycles. The maximum Gasteiger partial charge on any atom is 0.241 e. The maximum atomic E-state index is 14.4. The Morgan fingerprint density at radius 2 is 1.88 bits per heavy atom. The van der Waals surface area contributed by atoms with Crippen LogP contribution in [0, 0.1) is 19.7 Å². The van der Waals surface area contributed by atoms with Crippen LogP contribution < -0.4 is 4.72 Å². The Morgan fingerprint density at radius 1 is 1.15 bits per heavy atom. The van der Waals surface area contributed by atoms with Crippen molar-refractivity contribution < 1.29 is 12.8 Å². The van der Waals surface area contributed by atoms with E-state index in [0.717, 1.165) is 5.56 Å². The maximum absolute atomic E-state index is 14.4. The molecule has 0 unspecified atom stereocenters. The topological polar surface area (TPSA) is 64.0 Å². The molecular weight excluding hydrogens is 353 g/mol. The quantitative estimate of drug-likeness (QED) is 0.747. The highest BCUT2D eigenvalue weighted by Gasteiger charge is 2.28. The van der Waals surface area contributed by atoms with Gasteiger partial charge in [0.2, 0.25) is 10.0 Å². The van der Waals surface area contributed by atoms with Crippen molar-refractivity contribution in [2.24, 2.45) is 7.05 Å². The lowest BCUT2D eigenvalue weighted by molar-refractivity contribution is 0.544. The summed E-state index contributed by atoms with van der Waals surface area (Å²) in [6.45, 7) is 3.63. The molecule has 2 aromatic carbocycles. The number of sulfonamides is 1. The number of benzene rings is 2. The van der Waals surface area contributed by atoms with Crippen LogP contribution in [0.15, 0.2) is 59.8 Å². The molecule has 0 aliphatic rings. The Kier molecular flexibility index (Phi) is 4.93. The average molecular weight is 373 g/mol. The molecule has 0 aliphatic carbocycles. The molecule has 0 saturated carbocycles. The first-order valence-corrected chi connectivity index (χ1v) is 9.59. The smallest absolute Gasteiger partial charge is 0.241 e. The zero-order valence-electron chi connectivity index (χ0n) is 14.8. The summed E-state index contributed by atoms with van der Waals surface area (Å²) >= 11 is 0. The van der Waals surface area contributed by atoms with Crippen LogP contribution >= 0.6 is 0 Å². The summed E-state index contributed by atoms with van der Waals surface area (Å²) in [5.41, 5.74) is 1.82. The largest absolute Gasteiger partial charge is 0.336 e. The molecule has 3 rings (SSSR count). The van der Waals surface area contributed by atoms with Crippen molar-refractivity contribution in [1.82, 2.24) is 14.3 Å². The van der Waals surface area contributed by atoms with Gasteiger partial charge in [0, 0.05) is 25.0 Å². The fourth-order valence-corrected chi connectivity index (χ4v) is 4.34. The highest BCUT2D eigenvalue weighted by molar-refractivity contribution is 7.89. The predicted molar refractivity (Wildman–Crippen MR) is 97.7 cm³/mol. The second kappa shape index (κ2) is 7.01. The van der Waals surface area contributed by atoms with Crippen LogP contribution in [-0.2, 0) is 17.1 Å². The summed E-state index contributed by atoms with van der Waals surface area (Å²) in [7, 11) is -2.15. The molecule has 0 radical (unpaired) electrons. The summed E-state index contributed by atoms with van der Waals surface area (Å²) in [6, 6.07) is 10.2. The van der Waals surface area contributed by atoms with E-state index in [-0.39, 0.29) is 10.5 Å². The van der Waals surface area contributed by atoms with Crippen molar-refractivity contribution >= 4 is 10.0 Å². The minimum atomic E-state index is -3.88. The predicted octanol–water partition coefficient (Wildman–Crippen LogP) is 3.24. The second-order valence-corrected chi connectivity index (χ2v) is 7.92. The molecule has 1 heterocycles. The Hall–Kier alpha value is -2.51. The van der Waals surface area contributed by atoms with Gasteiger partial charge in [-0.1, -0.05) is 35.9 Å². The first-order chi connectivity index (χ1) is 12.3. The van der Waals surface area contributed by atoms with Gasteiger partial charge in [0.1, 0.15) is 17.7 Å². The molecule has 136 valence electrons. The van der Waals surface area contributed by atoms with Gasteiger partial charge in [0.05, 0.1) is 4.90 Å². The lowest BCUT2D eigenvalue weighted by Crippen LogP contribution is -2.32. The summed E-state index contributed by atoms with van der Waals surface area (Å²) in [5, 5.41) is 0. The van der Waals surface area contributed by atoms with E-state index in [4.69, 9.17) is 0 Å². The number of aryl methyl sites for hydroxylation is 3. The van der Waals surface area contributed by atoms with Gasteiger partial charge >= 0.3 is 0 Å². The third-order valence-electron chi connectivity index (χ3n) is 4.23. The molecule has 5 nitrogen and oxygen atoms in total. The molecule has 1 N–H and O–H groups in total. The highest BCUT2D eigenvalue weighted by atomic mass is 32.2. The zero-order chi connectivity index (χ0) is 18.9. The second-order valence-electron chi connectivity index (χ2n) is 6.24. The number of imidazole rings is 1. The average Bonchev–Trinajstić information content (AvgIpc) is 2.99. The lowest BCUT2D eigenvalue weighted by Gasteiger charge is -2.20. The van der Waals surface area contributed by atoms with Crippen LogP contribution in [0.3, 0.4) is 0 Å². The molecule has 0 bridgehead atoms. The third kappa shape index (κ3) is 3.54. The molecule has 7 heteroatoms. The first kappa shape index (κ1) is 18.3. The molecule has 0 spiro atoms. The fourth-order valence-electron chi connectivity index (χ4n) is 2.94. The minimum absolute atomic E-state index is 0.165. The van der Waals surface area contributed by atoms with Crippen molar-refractivity contribution in [3.05, 3.63) is 83.2 Å². The number of nitrogens with one attached hydrogen (secondary N) is 1. The monoisotopic (exact) mass is 373 g/mol. The van der Waals surface area contributed by atoms with Gasteiger partial charge < -0.3 is 4.57 Å². The fraction of sp³-hybridized carbons (Fsp3) is 0.211. The molecular formula is C19H20FN3O2S. The van der Waals surface area contributed by atoms with Crippen LogP contribution in [0.4, 0.5) is 4.39 Å². The summed E-state index contributed by atoms with van der Waals surface area (Å²) in [5.74, 6) is -0.0905. The highest BCUT2D eigenvalue weighted by Crippen LogP contribution is 2.26. The number of aromatic nitrogens is 2. The van der Waals surface area contributed by atoms with E-state index >= 15 is 0 Å². The summed E-state index contributed by atoms with van der Waals surface area (Å²) in [6.07, 6.45) is 3.24. The Balaban J connectivity index is 2.09. The number of halogens is 1. The summed E-state index contributed by atoms with van der Waals surface area (Å²) in [4.78, 5) is 4.38. The molecule has 3 aromatic rings. The van der Waals surface area contributed by atoms with Gasteiger partial charge in [0.15, 0.2) is 0 Å². The molecule has 0 aliphatic heterocycles. The van der Waals surface area contributed by atoms with Gasteiger partial charge in [-0.05, 0) is 31.5 Å². The standard InChI is InChI=1S/C19H20FN3O2S/c1-13-8-9-17(14(2)12-13)26(24,25)22-18(19-21-10-11-23(19)3)15-6-4-5-7-16(15)20/h4-12,18,22H,1-3H3/t18-/m1/s1. The summed E-state index contributed by atoms with van der Waals surface area (Å²) < 4.78 is 44.7. The molecule has 26 heavy (non-hydrogen) atoms. The number of hydrogen-bond donors (Lipinski definition) is 1. The van der Waals surface area contributed by atoms with Crippen molar-refractivity contribution in [2.45, 2.75) is 24.8 Å². The van der Waals surface area contributed by atoms with Crippen molar-refractivity contribution in [3.63, 3.8) is 0 Å². The Morgan fingerprint density at radius 3 is 2.50 bits per heavy atom. The molecule has 1 aromatic heterocycles. The van der Waals surface area contributed by atoms with Gasteiger partial charge in [-0.2, -0.15) is 4.72 Å². The third-order valence-corrected chi connectivity index (χ3v) is 5.81. The first-order valence-electron chi connectivity index (χ1n) is 8.11. The van der Waals surface area contributed by atoms with Crippen LogP contribution in [0.5, 0.6) is 0 Å². The molecule has 0 amide bonds. The van der Waals surface area contributed by atoms with E-state index in [1.54, 1.807) is 67.3 Å². The van der Waals surface area contributed by atoms with Crippen LogP contribution in [0.25, 0.3) is 0 Å². The normalized spacial score (nSPS) is 12.9. The van der Waals surface area contributed by atoms with Crippen LogP contribution in [0.2, 0.25) is 0 Å². The van der Waals surface area contributed by atoms with E-state index in [1.807, 2.05) is 6.92 Å². The zero-order valence-corrected chi connectivity index (χ0v) is 15.6. The Bertz CT molecular complexity index is 1040. The van der Waals surface area contributed by atoms with E-state index in [9.17, 15) is 12.8 Å². The minimum Gasteiger partial charge on any atom is -0.336 e. The van der Waals surface area contributed by atoms with E-state index in [2.05, 4.69) is 9.71 Å². The van der Waals surface area contributed by atoms with Crippen molar-refractivity contribution in [2.75, 3.05) is 0 Å². The number of nitrogens with zero attached hydrogens (tertiary/aromatic N) is 2. The van der Waals surface area contributed by atoms with Gasteiger partial charge in [-0.15, -0.1) is 0 Å². The van der Waals surface area contributed by atoms with Crippen molar-refractivity contribution in [1.29, 1.82) is 0 Å². The van der Waals surface area contributed by atoms with E-state index in [1.165, 1.54) is 6.07 Å². The van der Waals surface area contributed by atoms with E-state index in [0.29, 0.717) is 11.4 Å².